The van der Waals surface area contributed by atoms with Crippen molar-refractivity contribution in [2.75, 3.05) is 5.32 Å². The zero-order chi connectivity index (χ0) is 11.5. The van der Waals surface area contributed by atoms with Crippen LogP contribution in [-0.2, 0) is 0 Å². The molecule has 0 spiro atoms. The summed E-state index contributed by atoms with van der Waals surface area (Å²) in [6, 6.07) is 7.92. The van der Waals surface area contributed by atoms with Crippen LogP contribution in [0.4, 0.5) is 10.8 Å². The highest BCUT2D eigenvalue weighted by Crippen LogP contribution is 2.23. The summed E-state index contributed by atoms with van der Waals surface area (Å²) in [6.45, 7) is 3.92. The Morgan fingerprint density at radius 2 is 2.19 bits per heavy atom. The second kappa shape index (κ2) is 4.33. The maximum Gasteiger partial charge on any atom is 0.187 e. The molecular formula is C12H11N3S. The molecule has 0 fully saturated rings. The van der Waals surface area contributed by atoms with E-state index in [0.717, 1.165) is 22.1 Å². The van der Waals surface area contributed by atoms with Gasteiger partial charge in [-0.15, -0.1) is 11.3 Å². The first-order valence-electron chi connectivity index (χ1n) is 4.89. The summed E-state index contributed by atoms with van der Waals surface area (Å²) in [5.41, 5.74) is 3.52. The van der Waals surface area contributed by atoms with Crippen LogP contribution in [0.3, 0.4) is 0 Å². The number of rotatable bonds is 2. The maximum absolute atomic E-state index is 9.02. The van der Waals surface area contributed by atoms with Gasteiger partial charge >= 0.3 is 0 Å². The number of aromatic nitrogens is 1. The minimum absolute atomic E-state index is 0.646. The number of nitrogens with one attached hydrogen (secondary N) is 1. The summed E-state index contributed by atoms with van der Waals surface area (Å²) < 4.78 is 0. The molecule has 80 valence electrons. The lowest BCUT2D eigenvalue weighted by Crippen LogP contribution is -1.93. The first kappa shape index (κ1) is 10.7. The van der Waals surface area contributed by atoms with Gasteiger partial charge in [-0.2, -0.15) is 5.26 Å². The third kappa shape index (κ3) is 2.20. The third-order valence-corrected chi connectivity index (χ3v) is 3.03. The fourth-order valence-corrected chi connectivity index (χ4v) is 2.09. The van der Waals surface area contributed by atoms with Crippen molar-refractivity contribution in [3.63, 3.8) is 0 Å². The van der Waals surface area contributed by atoms with Gasteiger partial charge in [0, 0.05) is 5.38 Å². The largest absolute Gasteiger partial charge is 0.330 e. The van der Waals surface area contributed by atoms with Gasteiger partial charge < -0.3 is 5.32 Å². The molecule has 1 aromatic carbocycles. The van der Waals surface area contributed by atoms with E-state index in [2.05, 4.69) is 16.4 Å². The van der Waals surface area contributed by atoms with E-state index in [-0.39, 0.29) is 0 Å². The minimum Gasteiger partial charge on any atom is -0.330 e. The normalized spacial score (nSPS) is 9.81. The minimum atomic E-state index is 0.646. The van der Waals surface area contributed by atoms with Gasteiger partial charge in [-0.3, -0.25) is 0 Å². The summed E-state index contributed by atoms with van der Waals surface area (Å²) in [4.78, 5) is 4.30. The van der Waals surface area contributed by atoms with Crippen molar-refractivity contribution in [3.05, 3.63) is 40.4 Å². The molecule has 4 heteroatoms. The predicted molar refractivity (Wildman–Crippen MR) is 66.0 cm³/mol. The van der Waals surface area contributed by atoms with E-state index in [1.54, 1.807) is 0 Å². The Morgan fingerprint density at radius 1 is 1.38 bits per heavy atom. The number of hydrogen-bond acceptors (Lipinski definition) is 4. The fraction of sp³-hybridized carbons (Fsp3) is 0.167. The Morgan fingerprint density at radius 3 is 2.81 bits per heavy atom. The van der Waals surface area contributed by atoms with Gasteiger partial charge in [0.15, 0.2) is 5.13 Å². The first-order valence-corrected chi connectivity index (χ1v) is 5.77. The monoisotopic (exact) mass is 229 g/mol. The maximum atomic E-state index is 9.02. The summed E-state index contributed by atoms with van der Waals surface area (Å²) in [5.74, 6) is 0. The van der Waals surface area contributed by atoms with Crippen LogP contribution in [0, 0.1) is 25.2 Å². The van der Waals surface area contributed by atoms with Gasteiger partial charge in [-0.1, -0.05) is 6.07 Å². The number of thiazole rings is 1. The van der Waals surface area contributed by atoms with Crippen LogP contribution in [0.2, 0.25) is 0 Å². The molecule has 0 aliphatic rings. The lowest BCUT2D eigenvalue weighted by atomic mass is 10.1. The molecule has 2 rings (SSSR count). The SMILES string of the molecule is Cc1ccc(Nc2nc(C)cs2)c(C#N)c1. The van der Waals surface area contributed by atoms with Crippen molar-refractivity contribution in [1.82, 2.24) is 4.98 Å². The van der Waals surface area contributed by atoms with Crippen LogP contribution in [0.25, 0.3) is 0 Å². The van der Waals surface area contributed by atoms with E-state index in [0.29, 0.717) is 5.56 Å². The second-order valence-electron chi connectivity index (χ2n) is 3.58. The highest BCUT2D eigenvalue weighted by atomic mass is 32.1. The van der Waals surface area contributed by atoms with E-state index >= 15 is 0 Å². The third-order valence-electron chi connectivity index (χ3n) is 2.16. The molecule has 3 nitrogen and oxygen atoms in total. The molecule has 1 N–H and O–H groups in total. The van der Waals surface area contributed by atoms with Crippen LogP contribution < -0.4 is 5.32 Å². The molecule has 0 radical (unpaired) electrons. The number of hydrogen-bond donors (Lipinski definition) is 1. The van der Waals surface area contributed by atoms with Gasteiger partial charge in [0.1, 0.15) is 6.07 Å². The Labute approximate surface area is 98.4 Å². The van der Waals surface area contributed by atoms with E-state index in [4.69, 9.17) is 5.26 Å². The standard InChI is InChI=1S/C12H11N3S/c1-8-3-4-11(10(5-8)6-13)15-12-14-9(2)7-16-12/h3-5,7H,1-2H3,(H,14,15). The molecule has 0 unspecified atom stereocenters. The summed E-state index contributed by atoms with van der Waals surface area (Å²) >= 11 is 1.54. The van der Waals surface area contributed by atoms with E-state index < -0.39 is 0 Å². The Hall–Kier alpha value is -1.86. The van der Waals surface area contributed by atoms with Crippen LogP contribution in [0.5, 0.6) is 0 Å². The van der Waals surface area contributed by atoms with Crippen molar-refractivity contribution in [2.45, 2.75) is 13.8 Å². The summed E-state index contributed by atoms with van der Waals surface area (Å²) in [7, 11) is 0. The topological polar surface area (TPSA) is 48.7 Å². The molecule has 2 aromatic rings. The quantitative estimate of drug-likeness (QED) is 0.858. The van der Waals surface area contributed by atoms with Crippen LogP contribution in [-0.4, -0.2) is 4.98 Å². The predicted octanol–water partition coefficient (Wildman–Crippen LogP) is 3.38. The summed E-state index contributed by atoms with van der Waals surface area (Å²) in [5, 5.41) is 15.0. The average molecular weight is 229 g/mol. The summed E-state index contributed by atoms with van der Waals surface area (Å²) in [6.07, 6.45) is 0. The molecule has 1 heterocycles. The highest BCUT2D eigenvalue weighted by Gasteiger charge is 2.04. The van der Waals surface area contributed by atoms with Crippen LogP contribution in [0.1, 0.15) is 16.8 Å². The number of anilines is 2. The number of aryl methyl sites for hydroxylation is 2. The van der Waals surface area contributed by atoms with Gasteiger partial charge in [0.2, 0.25) is 0 Å². The smallest absolute Gasteiger partial charge is 0.187 e. The zero-order valence-electron chi connectivity index (χ0n) is 9.11. The number of benzene rings is 1. The highest BCUT2D eigenvalue weighted by molar-refractivity contribution is 7.13. The Balaban J connectivity index is 2.31. The van der Waals surface area contributed by atoms with Crippen molar-refractivity contribution in [3.8, 4) is 6.07 Å². The van der Waals surface area contributed by atoms with Gasteiger partial charge in [-0.05, 0) is 31.5 Å². The van der Waals surface area contributed by atoms with Crippen molar-refractivity contribution in [1.29, 1.82) is 5.26 Å². The van der Waals surface area contributed by atoms with Gasteiger partial charge in [0.05, 0.1) is 16.9 Å². The van der Waals surface area contributed by atoms with Crippen molar-refractivity contribution < 1.29 is 0 Å². The zero-order valence-corrected chi connectivity index (χ0v) is 9.93. The van der Waals surface area contributed by atoms with Gasteiger partial charge in [0.25, 0.3) is 0 Å². The van der Waals surface area contributed by atoms with Crippen LogP contribution in [0.15, 0.2) is 23.6 Å². The van der Waals surface area contributed by atoms with E-state index in [9.17, 15) is 0 Å². The Kier molecular flexibility index (Phi) is 2.88. The second-order valence-corrected chi connectivity index (χ2v) is 4.44. The Bertz CT molecular complexity index is 552. The van der Waals surface area contributed by atoms with Gasteiger partial charge in [-0.25, -0.2) is 4.98 Å². The first-order chi connectivity index (χ1) is 7.69. The number of nitriles is 1. The lowest BCUT2D eigenvalue weighted by molar-refractivity contribution is 1.26. The molecular weight excluding hydrogens is 218 g/mol. The van der Waals surface area contributed by atoms with Crippen molar-refractivity contribution in [2.24, 2.45) is 0 Å². The molecule has 0 amide bonds. The molecule has 1 aromatic heterocycles. The molecule has 0 bridgehead atoms. The fourth-order valence-electron chi connectivity index (χ4n) is 1.39. The van der Waals surface area contributed by atoms with E-state index in [1.165, 1.54) is 11.3 Å². The van der Waals surface area contributed by atoms with Crippen molar-refractivity contribution >= 4 is 22.2 Å². The molecule has 0 saturated heterocycles. The van der Waals surface area contributed by atoms with E-state index in [1.807, 2.05) is 37.4 Å². The lowest BCUT2D eigenvalue weighted by Gasteiger charge is -2.05. The number of nitrogens with zero attached hydrogens (tertiary/aromatic N) is 2. The molecule has 0 aliphatic carbocycles. The molecule has 16 heavy (non-hydrogen) atoms. The molecule has 0 saturated carbocycles. The molecule has 0 atom stereocenters. The average Bonchev–Trinajstić information content (AvgIpc) is 2.67. The molecule has 0 aliphatic heterocycles. The van der Waals surface area contributed by atoms with Crippen LogP contribution >= 0.6 is 11.3 Å².